The third-order valence-electron chi connectivity index (χ3n) is 1.86. The molecule has 14 heavy (non-hydrogen) atoms. The topological polar surface area (TPSA) is 102 Å². The van der Waals surface area contributed by atoms with Crippen molar-refractivity contribution >= 4 is 23.2 Å². The first-order valence-electron chi connectivity index (χ1n) is 3.82. The van der Waals surface area contributed by atoms with Crippen molar-refractivity contribution in [3.8, 4) is 0 Å². The smallest absolute Gasteiger partial charge is 0.248 e. The minimum absolute atomic E-state index is 0.244. The lowest BCUT2D eigenvalue weighted by molar-refractivity contribution is 0.100. The molecule has 0 fully saturated rings. The van der Waals surface area contributed by atoms with E-state index in [2.05, 4.69) is 15.4 Å². The van der Waals surface area contributed by atoms with Crippen molar-refractivity contribution in [1.82, 2.24) is 15.4 Å². The summed E-state index contributed by atoms with van der Waals surface area (Å²) < 4.78 is 0. The number of carbonyl (C=O) groups excluding carboxylic acids is 2. The van der Waals surface area contributed by atoms with Crippen molar-refractivity contribution in [3.63, 3.8) is 0 Å². The Labute approximate surface area is 78.1 Å². The minimum Gasteiger partial charge on any atom is -0.366 e. The van der Waals surface area contributed by atoms with E-state index in [9.17, 15) is 9.59 Å². The van der Waals surface area contributed by atoms with E-state index in [1.807, 2.05) is 0 Å². The van der Waals surface area contributed by atoms with E-state index in [0.29, 0.717) is 22.9 Å². The molecule has 1 heterocycles. The van der Waals surface area contributed by atoms with E-state index in [1.54, 1.807) is 0 Å². The number of aromatic nitrogens is 3. The lowest BCUT2D eigenvalue weighted by Gasteiger charge is -1.96. The van der Waals surface area contributed by atoms with Crippen LogP contribution in [0.1, 0.15) is 20.7 Å². The number of H-pyrrole nitrogens is 1. The molecule has 0 radical (unpaired) electrons. The molecule has 1 amide bonds. The van der Waals surface area contributed by atoms with E-state index in [1.165, 1.54) is 12.1 Å². The maximum absolute atomic E-state index is 10.9. The highest BCUT2D eigenvalue weighted by Gasteiger charge is 2.09. The molecule has 0 aliphatic heterocycles. The van der Waals surface area contributed by atoms with Crippen molar-refractivity contribution in [3.05, 3.63) is 23.3 Å². The number of hydrogen-bond acceptors (Lipinski definition) is 4. The first-order valence-corrected chi connectivity index (χ1v) is 3.82. The molecular formula is C8H6N4O2. The van der Waals surface area contributed by atoms with E-state index in [-0.39, 0.29) is 5.56 Å². The lowest BCUT2D eigenvalue weighted by Crippen LogP contribution is -2.11. The van der Waals surface area contributed by atoms with Crippen LogP contribution in [-0.2, 0) is 0 Å². The maximum atomic E-state index is 10.9. The van der Waals surface area contributed by atoms with Gasteiger partial charge in [0.15, 0.2) is 6.29 Å². The number of carbonyl (C=O) groups is 2. The number of amides is 1. The number of nitrogens with one attached hydrogen (secondary N) is 1. The van der Waals surface area contributed by atoms with Gasteiger partial charge in [-0.15, -0.1) is 0 Å². The van der Waals surface area contributed by atoms with Crippen molar-refractivity contribution in [2.24, 2.45) is 5.73 Å². The molecule has 6 nitrogen and oxygen atoms in total. The second kappa shape index (κ2) is 2.91. The quantitative estimate of drug-likeness (QED) is 0.644. The first-order chi connectivity index (χ1) is 6.72. The third-order valence-corrected chi connectivity index (χ3v) is 1.86. The highest BCUT2D eigenvalue weighted by atomic mass is 16.1. The summed E-state index contributed by atoms with van der Waals surface area (Å²) in [6.45, 7) is 0. The van der Waals surface area contributed by atoms with E-state index < -0.39 is 5.91 Å². The Bertz CT molecular complexity index is 517. The van der Waals surface area contributed by atoms with Crippen LogP contribution in [0.25, 0.3) is 11.0 Å². The molecule has 0 aliphatic carbocycles. The average Bonchev–Trinajstić information content (AvgIpc) is 2.63. The third kappa shape index (κ3) is 1.13. The molecule has 0 saturated carbocycles. The molecule has 6 heteroatoms. The van der Waals surface area contributed by atoms with Gasteiger partial charge in [0, 0.05) is 11.1 Å². The number of nitrogens with two attached hydrogens (primary N) is 1. The summed E-state index contributed by atoms with van der Waals surface area (Å²) in [5.41, 5.74) is 6.51. The second-order valence-electron chi connectivity index (χ2n) is 2.74. The number of aldehydes is 1. The Morgan fingerprint density at radius 2 is 2.21 bits per heavy atom. The normalized spacial score (nSPS) is 10.3. The average molecular weight is 190 g/mol. The molecule has 0 aliphatic rings. The predicted octanol–water partition coefficient (Wildman–Crippen LogP) is -0.131. The highest BCUT2D eigenvalue weighted by molar-refractivity contribution is 6.01. The predicted molar refractivity (Wildman–Crippen MR) is 47.8 cm³/mol. The zero-order valence-corrected chi connectivity index (χ0v) is 7.02. The summed E-state index contributed by atoms with van der Waals surface area (Å²) in [5, 5.41) is 9.91. The molecule has 0 saturated heterocycles. The van der Waals surface area contributed by atoms with Crippen LogP contribution in [-0.4, -0.2) is 27.6 Å². The standard InChI is InChI=1S/C8H6N4O2/c9-8(14)4-1-5(3-13)7-6(2-4)10-12-11-7/h1-3H,(H2,9,14)(H,10,11,12). The molecule has 1 aromatic carbocycles. The van der Waals surface area contributed by atoms with Gasteiger partial charge in [-0.05, 0) is 12.1 Å². The Hall–Kier alpha value is -2.24. The molecule has 70 valence electrons. The highest BCUT2D eigenvalue weighted by Crippen LogP contribution is 2.14. The Balaban J connectivity index is 2.79. The Kier molecular flexibility index (Phi) is 1.74. The molecule has 2 rings (SSSR count). The van der Waals surface area contributed by atoms with Crippen molar-refractivity contribution < 1.29 is 9.59 Å². The van der Waals surface area contributed by atoms with Crippen LogP contribution in [0.2, 0.25) is 0 Å². The molecule has 0 bridgehead atoms. The molecule has 3 N–H and O–H groups in total. The van der Waals surface area contributed by atoms with E-state index >= 15 is 0 Å². The maximum Gasteiger partial charge on any atom is 0.248 e. The molecule has 0 spiro atoms. The van der Waals surface area contributed by atoms with Crippen molar-refractivity contribution in [2.75, 3.05) is 0 Å². The van der Waals surface area contributed by atoms with Crippen molar-refractivity contribution in [2.45, 2.75) is 0 Å². The van der Waals surface area contributed by atoms with Crippen LogP contribution >= 0.6 is 0 Å². The molecule has 2 aromatic rings. The summed E-state index contributed by atoms with van der Waals surface area (Å²) in [7, 11) is 0. The van der Waals surface area contributed by atoms with Gasteiger partial charge in [0.2, 0.25) is 5.91 Å². The number of rotatable bonds is 2. The summed E-state index contributed by atoms with van der Waals surface area (Å²) >= 11 is 0. The van der Waals surface area contributed by atoms with Gasteiger partial charge in [0.1, 0.15) is 11.0 Å². The summed E-state index contributed by atoms with van der Waals surface area (Å²) in [6.07, 6.45) is 0.608. The molecular weight excluding hydrogens is 184 g/mol. The zero-order valence-electron chi connectivity index (χ0n) is 7.02. The number of hydrogen-bond donors (Lipinski definition) is 2. The fourth-order valence-electron chi connectivity index (χ4n) is 1.21. The zero-order chi connectivity index (χ0) is 10.1. The van der Waals surface area contributed by atoms with Gasteiger partial charge < -0.3 is 5.73 Å². The SMILES string of the molecule is NC(=O)c1cc(C=O)c2n[nH]nc2c1. The van der Waals surface area contributed by atoms with Gasteiger partial charge in [-0.1, -0.05) is 0 Å². The van der Waals surface area contributed by atoms with Gasteiger partial charge in [0.25, 0.3) is 0 Å². The van der Waals surface area contributed by atoms with Crippen LogP contribution in [0.3, 0.4) is 0 Å². The molecule has 0 unspecified atom stereocenters. The number of nitrogens with zero attached hydrogens (tertiary/aromatic N) is 2. The fourth-order valence-corrected chi connectivity index (χ4v) is 1.21. The monoisotopic (exact) mass is 190 g/mol. The number of benzene rings is 1. The minimum atomic E-state index is -0.599. The van der Waals surface area contributed by atoms with Gasteiger partial charge in [0.05, 0.1) is 0 Å². The van der Waals surface area contributed by atoms with Crippen LogP contribution in [0, 0.1) is 0 Å². The summed E-state index contributed by atoms with van der Waals surface area (Å²) in [4.78, 5) is 21.5. The van der Waals surface area contributed by atoms with E-state index in [4.69, 9.17) is 5.73 Å². The van der Waals surface area contributed by atoms with Gasteiger partial charge >= 0.3 is 0 Å². The number of aromatic amines is 1. The fraction of sp³-hybridized carbons (Fsp3) is 0. The van der Waals surface area contributed by atoms with Crippen LogP contribution in [0.5, 0.6) is 0 Å². The van der Waals surface area contributed by atoms with Gasteiger partial charge in [-0.3, -0.25) is 9.59 Å². The molecule has 0 atom stereocenters. The summed E-state index contributed by atoms with van der Waals surface area (Å²) in [5.74, 6) is -0.599. The Morgan fingerprint density at radius 1 is 1.43 bits per heavy atom. The van der Waals surface area contributed by atoms with Gasteiger partial charge in [-0.2, -0.15) is 15.4 Å². The molecule has 1 aromatic heterocycles. The number of primary amides is 1. The van der Waals surface area contributed by atoms with Crippen molar-refractivity contribution in [1.29, 1.82) is 0 Å². The largest absolute Gasteiger partial charge is 0.366 e. The number of fused-ring (bicyclic) bond motifs is 1. The Morgan fingerprint density at radius 3 is 2.86 bits per heavy atom. The van der Waals surface area contributed by atoms with E-state index in [0.717, 1.165) is 0 Å². The summed E-state index contributed by atoms with van der Waals surface area (Å²) in [6, 6.07) is 2.87. The van der Waals surface area contributed by atoms with Gasteiger partial charge in [-0.25, -0.2) is 0 Å². The first kappa shape index (κ1) is 8.36. The van der Waals surface area contributed by atoms with Crippen LogP contribution < -0.4 is 5.73 Å². The lowest BCUT2D eigenvalue weighted by atomic mass is 10.1. The van der Waals surface area contributed by atoms with Crippen LogP contribution in [0.4, 0.5) is 0 Å². The van der Waals surface area contributed by atoms with Crippen LogP contribution in [0.15, 0.2) is 12.1 Å². The second-order valence-corrected chi connectivity index (χ2v) is 2.74.